The molecule has 8 amide bonds. The van der Waals surface area contributed by atoms with Gasteiger partial charge in [0.1, 0.15) is 24.2 Å². The zero-order chi connectivity index (χ0) is 42.7. The third-order valence-corrected chi connectivity index (χ3v) is 8.58. The zero-order valence-corrected chi connectivity index (χ0v) is 32.1. The van der Waals surface area contributed by atoms with Crippen LogP contribution in [0.3, 0.4) is 0 Å². The predicted molar refractivity (Wildman–Crippen MR) is 206 cm³/mol. The fraction of sp³-hybridized carbons (Fsp3) is 0.528. The molecule has 21 heteroatoms. The van der Waals surface area contributed by atoms with Crippen LogP contribution in [0.1, 0.15) is 64.4 Å². The van der Waals surface area contributed by atoms with Gasteiger partial charge in [-0.2, -0.15) is 0 Å². The second-order valence-electron chi connectivity index (χ2n) is 13.9. The van der Waals surface area contributed by atoms with Crippen molar-refractivity contribution < 1.29 is 48.3 Å². The molecule has 5 atom stereocenters. The quantitative estimate of drug-likeness (QED) is 0.0415. The first-order chi connectivity index (χ1) is 26.9. The number of rotatable bonds is 26. The van der Waals surface area contributed by atoms with Crippen molar-refractivity contribution in [2.75, 3.05) is 19.6 Å². The monoisotopic (exact) mass is 801 g/mol. The summed E-state index contributed by atoms with van der Waals surface area (Å²) in [7, 11) is 0. The highest BCUT2D eigenvalue weighted by Gasteiger charge is 2.33. The minimum Gasteiger partial charge on any atom is -0.481 e. The molecule has 0 fully saturated rings. The van der Waals surface area contributed by atoms with Crippen LogP contribution < -0.4 is 54.8 Å². The molecule has 0 unspecified atom stereocenters. The highest BCUT2D eigenvalue weighted by atomic mass is 16.4. The van der Waals surface area contributed by atoms with Crippen LogP contribution in [0, 0.1) is 5.92 Å². The van der Waals surface area contributed by atoms with Crippen LogP contribution in [0.25, 0.3) is 10.9 Å². The van der Waals surface area contributed by atoms with E-state index in [0.717, 1.165) is 10.9 Å². The molecule has 1 heterocycles. The summed E-state index contributed by atoms with van der Waals surface area (Å²) < 4.78 is 0. The number of amides is 8. The third kappa shape index (κ3) is 17.1. The van der Waals surface area contributed by atoms with Gasteiger partial charge in [-0.25, -0.2) is 0 Å². The fourth-order valence-corrected chi connectivity index (χ4v) is 5.65. The van der Waals surface area contributed by atoms with Gasteiger partial charge in [-0.3, -0.25) is 43.2 Å². The number of primary amides is 2. The van der Waals surface area contributed by atoms with E-state index >= 15 is 0 Å². The summed E-state index contributed by atoms with van der Waals surface area (Å²) in [4.78, 5) is 116. The van der Waals surface area contributed by atoms with E-state index < -0.39 is 103 Å². The molecule has 0 aliphatic carbocycles. The number of nitrogens with two attached hydrogens (primary N) is 4. The van der Waals surface area contributed by atoms with Crippen LogP contribution in [0.4, 0.5) is 0 Å². The van der Waals surface area contributed by atoms with Crippen LogP contribution in [0.5, 0.6) is 0 Å². The minimum atomic E-state index is -1.56. The first kappa shape index (κ1) is 47.1. The molecular weight excluding hydrogens is 746 g/mol. The number of aromatic amines is 1. The maximum Gasteiger partial charge on any atom is 0.303 e. The van der Waals surface area contributed by atoms with Crippen molar-refractivity contribution in [2.45, 2.75) is 95.4 Å². The van der Waals surface area contributed by atoms with E-state index in [9.17, 15) is 43.2 Å². The Bertz CT molecular complexity index is 1750. The van der Waals surface area contributed by atoms with E-state index in [2.05, 4.69) is 36.9 Å². The lowest BCUT2D eigenvalue weighted by Crippen LogP contribution is -2.59. The summed E-state index contributed by atoms with van der Waals surface area (Å²) in [5.41, 5.74) is 23.3. The van der Waals surface area contributed by atoms with Gasteiger partial charge in [0.15, 0.2) is 0 Å². The first-order valence-electron chi connectivity index (χ1n) is 18.5. The van der Waals surface area contributed by atoms with Crippen molar-refractivity contribution >= 4 is 64.1 Å². The molecule has 2 rings (SSSR count). The Labute approximate surface area is 328 Å². The molecule has 21 nitrogen and oxygen atoms in total. The predicted octanol–water partition coefficient (Wildman–Crippen LogP) is -3.39. The van der Waals surface area contributed by atoms with Gasteiger partial charge in [0.05, 0.1) is 25.6 Å². The molecule has 0 aliphatic rings. The van der Waals surface area contributed by atoms with Crippen LogP contribution >= 0.6 is 0 Å². The van der Waals surface area contributed by atoms with E-state index in [4.69, 9.17) is 28.0 Å². The number of carbonyl (C=O) groups is 9. The van der Waals surface area contributed by atoms with Crippen molar-refractivity contribution in [3.05, 3.63) is 36.0 Å². The molecule has 1 aromatic carbocycles. The number of aliphatic carboxylic acids is 1. The van der Waals surface area contributed by atoms with Gasteiger partial charge in [0.2, 0.25) is 47.3 Å². The number of unbranched alkanes of at least 4 members (excludes halogenated alkanes) is 1. The highest BCUT2D eigenvalue weighted by molar-refractivity contribution is 5.98. The lowest BCUT2D eigenvalue weighted by Gasteiger charge is -2.27. The highest BCUT2D eigenvalue weighted by Crippen LogP contribution is 2.20. The van der Waals surface area contributed by atoms with Gasteiger partial charge in [-0.15, -0.1) is 0 Å². The number of hydrogen-bond acceptors (Lipinski definition) is 11. The third-order valence-electron chi connectivity index (χ3n) is 8.58. The maximum atomic E-state index is 14.0. The lowest BCUT2D eigenvalue weighted by molar-refractivity contribution is -0.137. The normalized spacial score (nSPS) is 13.6. The summed E-state index contributed by atoms with van der Waals surface area (Å²) in [6, 6.07) is 0.642. The Morgan fingerprint density at radius 1 is 0.719 bits per heavy atom. The van der Waals surface area contributed by atoms with E-state index in [1.165, 1.54) is 0 Å². The van der Waals surface area contributed by atoms with E-state index in [0.29, 0.717) is 18.4 Å². The fourth-order valence-electron chi connectivity index (χ4n) is 5.65. The van der Waals surface area contributed by atoms with Gasteiger partial charge in [0, 0.05) is 29.9 Å². The Balaban J connectivity index is 2.33. The number of aromatic nitrogens is 1. The van der Waals surface area contributed by atoms with Gasteiger partial charge in [-0.1, -0.05) is 32.0 Å². The Hall–Kier alpha value is -6.09. The number of benzene rings is 1. The summed E-state index contributed by atoms with van der Waals surface area (Å²) >= 11 is 0. The Morgan fingerprint density at radius 3 is 1.96 bits per heavy atom. The molecule has 57 heavy (non-hydrogen) atoms. The van der Waals surface area contributed by atoms with Crippen LogP contribution in [-0.4, -0.2) is 113 Å². The van der Waals surface area contributed by atoms with Gasteiger partial charge in [0.25, 0.3) is 0 Å². The topological polar surface area (TPSA) is 366 Å². The number of fused-ring (bicyclic) bond motifs is 1. The average molecular weight is 802 g/mol. The van der Waals surface area contributed by atoms with Crippen molar-refractivity contribution in [3.8, 4) is 0 Å². The van der Waals surface area contributed by atoms with Crippen molar-refractivity contribution in [3.63, 3.8) is 0 Å². The summed E-state index contributed by atoms with van der Waals surface area (Å²) in [5.74, 6) is -8.04. The number of para-hydroxylation sites is 1. The number of carboxylic acids is 1. The molecule has 0 saturated carbocycles. The molecule has 16 N–H and O–H groups in total. The number of hydrogen-bond donors (Lipinski definition) is 12. The van der Waals surface area contributed by atoms with Crippen LogP contribution in [-0.2, 0) is 49.6 Å². The van der Waals surface area contributed by atoms with Gasteiger partial charge < -0.3 is 64.9 Å². The number of nitrogens with one attached hydrogen (secondary N) is 7. The molecule has 0 radical (unpaired) electrons. The van der Waals surface area contributed by atoms with Crippen LogP contribution in [0.2, 0.25) is 0 Å². The maximum absolute atomic E-state index is 14.0. The van der Waals surface area contributed by atoms with E-state index in [1.54, 1.807) is 26.1 Å². The molecule has 314 valence electrons. The zero-order valence-electron chi connectivity index (χ0n) is 32.1. The molecule has 1 aromatic heterocycles. The Kier molecular flexibility index (Phi) is 19.6. The number of carboxylic acid groups (broad SMARTS) is 1. The van der Waals surface area contributed by atoms with E-state index in [-0.39, 0.29) is 44.6 Å². The number of H-pyrrole nitrogens is 1. The van der Waals surface area contributed by atoms with Crippen molar-refractivity contribution in [2.24, 2.45) is 28.9 Å². The van der Waals surface area contributed by atoms with E-state index in [1.807, 2.05) is 18.2 Å². The molecule has 0 bridgehead atoms. The van der Waals surface area contributed by atoms with Gasteiger partial charge >= 0.3 is 5.97 Å². The second kappa shape index (κ2) is 23.7. The molecule has 0 saturated heterocycles. The SMILES string of the molecule is CC(C)C[C@H](NC(=O)[C@H](Cc1c[nH]c2ccccc12)NC(=O)[C@@H](N)CCC(=O)O)C(=O)N[C@@H](CCCCN)C(=O)N[C@@H](CC(N)=O)C(=O)NCC(=O)NCC(N)=O. The summed E-state index contributed by atoms with van der Waals surface area (Å²) in [6.07, 6.45) is 1.33. The second-order valence-corrected chi connectivity index (χ2v) is 13.9. The average Bonchev–Trinajstić information content (AvgIpc) is 3.55. The molecule has 2 aromatic rings. The standard InChI is InChI=1S/C36H55N11O10/c1-19(2)13-25(46-36(57)26(45-32(53)22(38)10-11-31(51)52)14-20-16-41-23-8-4-3-7-21(20)23)35(56)44-24(9-5-6-12-37)34(55)47-27(15-28(39)48)33(54)43-18-30(50)42-17-29(40)49/h3-4,7-8,16,19,22,24-27,41H,5-6,9-15,17-18,37-38H2,1-2H3,(H2,39,48)(H2,40,49)(H,42,50)(H,43,54)(H,44,56)(H,45,53)(H,46,57)(H,47,55)(H,51,52)/t22-,24-,25-,26-,27-/m0/s1. The van der Waals surface area contributed by atoms with Gasteiger partial charge in [-0.05, 0) is 56.2 Å². The lowest BCUT2D eigenvalue weighted by atomic mass is 9.99. The van der Waals surface area contributed by atoms with Crippen LogP contribution in [0.15, 0.2) is 30.5 Å². The minimum absolute atomic E-state index is 0.0328. The molecular formula is C36H55N11O10. The van der Waals surface area contributed by atoms with Crippen molar-refractivity contribution in [1.29, 1.82) is 0 Å². The summed E-state index contributed by atoms with van der Waals surface area (Å²) in [6.45, 7) is 2.75. The molecule has 0 aliphatic heterocycles. The summed E-state index contributed by atoms with van der Waals surface area (Å²) in [5, 5.41) is 24.5. The smallest absolute Gasteiger partial charge is 0.303 e. The van der Waals surface area contributed by atoms with Crippen molar-refractivity contribution in [1.82, 2.24) is 36.9 Å². The molecule has 0 spiro atoms. The largest absolute Gasteiger partial charge is 0.481 e. The number of carbonyl (C=O) groups excluding carboxylic acids is 8. The first-order valence-corrected chi connectivity index (χ1v) is 18.5. The Morgan fingerprint density at radius 2 is 1.33 bits per heavy atom.